The van der Waals surface area contributed by atoms with Gasteiger partial charge in [-0.05, 0) is 99.0 Å². The lowest BCUT2D eigenvalue weighted by molar-refractivity contribution is 0.722. The van der Waals surface area contributed by atoms with Gasteiger partial charge >= 0.3 is 0 Å². The van der Waals surface area contributed by atoms with E-state index in [-0.39, 0.29) is 0 Å². The minimum Gasteiger partial charge on any atom is -0.338 e. The highest BCUT2D eigenvalue weighted by Gasteiger charge is 2.38. The van der Waals surface area contributed by atoms with Gasteiger partial charge in [-0.2, -0.15) is 0 Å². The predicted octanol–water partition coefficient (Wildman–Crippen LogP) is 14.8. The van der Waals surface area contributed by atoms with Gasteiger partial charge in [0.25, 0.3) is 0 Å². The third kappa shape index (κ3) is 7.11. The van der Waals surface area contributed by atoms with E-state index in [0.29, 0.717) is 6.04 Å². The van der Waals surface area contributed by atoms with E-state index in [2.05, 4.69) is 235 Å². The number of allylic oxidation sites excluding steroid dienone is 3. The van der Waals surface area contributed by atoms with E-state index in [0.717, 1.165) is 19.3 Å². The smallest absolute Gasteiger partial charge is 0.0701 e. The Labute approximate surface area is 352 Å². The molecule has 7 aromatic carbocycles. The normalized spacial score (nSPS) is 15.0. The molecule has 0 saturated heterocycles. The van der Waals surface area contributed by atoms with Crippen molar-refractivity contribution in [2.45, 2.75) is 30.7 Å². The zero-order valence-electron chi connectivity index (χ0n) is 33.0. The van der Waals surface area contributed by atoms with Crippen LogP contribution in [0.15, 0.2) is 218 Å². The van der Waals surface area contributed by atoms with Gasteiger partial charge in [-0.25, -0.2) is 0 Å². The zero-order chi connectivity index (χ0) is 39.4. The van der Waals surface area contributed by atoms with E-state index < -0.39 is 5.41 Å². The van der Waals surface area contributed by atoms with Crippen LogP contribution in [0.1, 0.15) is 56.7 Å². The first-order chi connectivity index (χ1) is 29.2. The third-order valence-corrected chi connectivity index (χ3v) is 13.2. The molecule has 8 aromatic rings. The second-order valence-electron chi connectivity index (χ2n) is 15.5. The first-order valence-electron chi connectivity index (χ1n) is 20.7. The third-order valence-electron chi connectivity index (χ3n) is 12.1. The lowest BCUT2D eigenvalue weighted by Crippen LogP contribution is -2.34. The molecular weight excluding hydrogens is 731 g/mol. The fourth-order valence-electron chi connectivity index (χ4n) is 9.20. The molecule has 2 aliphatic carbocycles. The highest BCUT2D eigenvalue weighted by Crippen LogP contribution is 2.46. The van der Waals surface area contributed by atoms with Crippen molar-refractivity contribution in [1.29, 1.82) is 0 Å². The van der Waals surface area contributed by atoms with Crippen LogP contribution in [-0.2, 0) is 11.8 Å². The Bertz CT molecular complexity index is 2710. The Balaban J connectivity index is 0.898. The summed E-state index contributed by atoms with van der Waals surface area (Å²) in [5.41, 5.74) is 13.5. The van der Waals surface area contributed by atoms with Crippen molar-refractivity contribution in [3.63, 3.8) is 0 Å². The first kappa shape index (κ1) is 36.6. The number of thiophene rings is 1. The maximum absolute atomic E-state index is 2.55. The number of rotatable bonds is 10. The summed E-state index contributed by atoms with van der Waals surface area (Å²) >= 11 is 1.93. The molecule has 59 heavy (non-hydrogen) atoms. The van der Waals surface area contributed by atoms with Crippen molar-refractivity contribution in [3.8, 4) is 11.1 Å². The van der Waals surface area contributed by atoms with Gasteiger partial charge in [0.05, 0.1) is 11.5 Å². The molecule has 1 aromatic heterocycles. The largest absolute Gasteiger partial charge is 0.338 e. The van der Waals surface area contributed by atoms with Crippen molar-refractivity contribution in [1.82, 2.24) is 0 Å². The molecule has 0 bridgehead atoms. The van der Waals surface area contributed by atoms with E-state index in [9.17, 15) is 0 Å². The number of aryl methyl sites for hydroxylation is 1. The fraction of sp³-hybridized carbons (Fsp3) is 0.0877. The topological polar surface area (TPSA) is 3.24 Å². The number of fused-ring (bicyclic) bond motifs is 3. The second-order valence-corrected chi connectivity index (χ2v) is 16.6. The van der Waals surface area contributed by atoms with E-state index >= 15 is 0 Å². The number of anilines is 1. The van der Waals surface area contributed by atoms with E-state index in [1.165, 1.54) is 76.4 Å². The molecule has 1 unspecified atom stereocenters. The zero-order valence-corrected chi connectivity index (χ0v) is 33.8. The maximum atomic E-state index is 2.55. The first-order valence-corrected chi connectivity index (χ1v) is 21.5. The summed E-state index contributed by atoms with van der Waals surface area (Å²) in [5.74, 6) is 0. The Morgan fingerprint density at radius 1 is 0.525 bits per heavy atom. The van der Waals surface area contributed by atoms with Gasteiger partial charge in [0.2, 0.25) is 0 Å². The van der Waals surface area contributed by atoms with E-state index in [1.54, 1.807) is 0 Å². The summed E-state index contributed by atoms with van der Waals surface area (Å²) < 4.78 is 1.36. The SMILES string of the molecule is C1=CCC(N(C2=Cc3sc4cc(/C=C/c5ccc(-c6ccc(C(c7ccccc7)(c7ccccc7)c7ccccc7)cc6)cc5)ccc4c3CC2)c2ccccc2)C=C1. The number of para-hydroxylation sites is 1. The van der Waals surface area contributed by atoms with Gasteiger partial charge in [0, 0.05) is 21.0 Å². The molecule has 10 rings (SSSR count). The lowest BCUT2D eigenvalue weighted by Gasteiger charge is -2.37. The summed E-state index contributed by atoms with van der Waals surface area (Å²) in [7, 11) is 0. The monoisotopic (exact) mass is 775 g/mol. The standard InChI is InChI=1S/C57H45NS/c1-6-16-46(17-7-1)57(47-18-8-2-9-19-47,48-20-10-3-11-21-48)49-35-33-45(34-36-49)44-31-28-42(29-32-44)26-27-43-30-38-53-54-39-37-52(41-56(54)59-55(53)40-43)58(50-22-12-4-13-23-50)51-24-14-5-15-25-51/h1-24,26-36,38,40-41,51H,25,37,39H2/b27-26+. The Kier molecular flexibility index (Phi) is 10.1. The molecule has 1 heterocycles. The van der Waals surface area contributed by atoms with Crippen LogP contribution in [0.25, 0.3) is 39.4 Å². The van der Waals surface area contributed by atoms with Crippen LogP contribution in [0.5, 0.6) is 0 Å². The maximum Gasteiger partial charge on any atom is 0.0701 e. The average Bonchev–Trinajstić information content (AvgIpc) is 3.68. The number of nitrogens with zero attached hydrogens (tertiary/aromatic N) is 1. The van der Waals surface area contributed by atoms with Gasteiger partial charge in [-0.15, -0.1) is 11.3 Å². The molecule has 0 aliphatic heterocycles. The molecule has 0 spiro atoms. The highest BCUT2D eigenvalue weighted by atomic mass is 32.1. The van der Waals surface area contributed by atoms with Crippen LogP contribution in [0.3, 0.4) is 0 Å². The van der Waals surface area contributed by atoms with E-state index in [4.69, 9.17) is 0 Å². The molecule has 0 fully saturated rings. The summed E-state index contributed by atoms with van der Waals surface area (Å²) in [6.07, 6.45) is 19.0. The van der Waals surface area contributed by atoms with Gasteiger partial charge < -0.3 is 4.90 Å². The molecular formula is C57H45NS. The van der Waals surface area contributed by atoms with Crippen molar-refractivity contribution in [2.75, 3.05) is 4.90 Å². The van der Waals surface area contributed by atoms with Crippen molar-refractivity contribution >= 4 is 45.3 Å². The van der Waals surface area contributed by atoms with E-state index in [1.807, 2.05) is 11.3 Å². The van der Waals surface area contributed by atoms with Gasteiger partial charge in [0.15, 0.2) is 0 Å². The second kappa shape index (κ2) is 16.3. The fourth-order valence-corrected chi connectivity index (χ4v) is 10.5. The Morgan fingerprint density at radius 3 is 1.66 bits per heavy atom. The number of benzene rings is 7. The van der Waals surface area contributed by atoms with Crippen LogP contribution < -0.4 is 4.90 Å². The molecule has 1 atom stereocenters. The number of hydrogen-bond acceptors (Lipinski definition) is 2. The van der Waals surface area contributed by atoms with Crippen molar-refractivity contribution in [3.05, 3.63) is 262 Å². The van der Waals surface area contributed by atoms with Gasteiger partial charge in [-0.3, -0.25) is 0 Å². The minimum atomic E-state index is -0.448. The molecule has 1 nitrogen and oxygen atoms in total. The van der Waals surface area contributed by atoms with Crippen LogP contribution in [0.4, 0.5) is 5.69 Å². The molecule has 0 N–H and O–H groups in total. The quantitative estimate of drug-likeness (QED) is 0.0988. The molecule has 2 aliphatic rings. The van der Waals surface area contributed by atoms with Crippen molar-refractivity contribution < 1.29 is 0 Å². The lowest BCUT2D eigenvalue weighted by atomic mass is 9.65. The van der Waals surface area contributed by atoms with Gasteiger partial charge in [-0.1, -0.05) is 206 Å². The molecule has 0 saturated carbocycles. The molecule has 284 valence electrons. The Hall–Kier alpha value is -6.74. The predicted molar refractivity (Wildman–Crippen MR) is 253 cm³/mol. The summed E-state index contributed by atoms with van der Waals surface area (Å²) in [6.45, 7) is 0. The molecule has 0 amide bonds. The average molecular weight is 776 g/mol. The molecule has 0 radical (unpaired) electrons. The Morgan fingerprint density at radius 2 is 1.07 bits per heavy atom. The summed E-state index contributed by atoms with van der Waals surface area (Å²) in [6, 6.07) is 69.0. The summed E-state index contributed by atoms with van der Waals surface area (Å²) in [4.78, 5) is 3.95. The molecule has 2 heteroatoms. The van der Waals surface area contributed by atoms with Gasteiger partial charge in [0.1, 0.15) is 0 Å². The van der Waals surface area contributed by atoms with Crippen LogP contribution in [0, 0.1) is 0 Å². The number of hydrogen-bond donors (Lipinski definition) is 0. The highest BCUT2D eigenvalue weighted by molar-refractivity contribution is 7.20. The van der Waals surface area contributed by atoms with Crippen LogP contribution >= 0.6 is 11.3 Å². The van der Waals surface area contributed by atoms with Crippen molar-refractivity contribution in [2.24, 2.45) is 0 Å². The van der Waals surface area contributed by atoms with Crippen LogP contribution in [0.2, 0.25) is 0 Å². The summed E-state index contributed by atoms with van der Waals surface area (Å²) in [5, 5.41) is 1.40. The minimum absolute atomic E-state index is 0.334. The van der Waals surface area contributed by atoms with Crippen LogP contribution in [-0.4, -0.2) is 6.04 Å².